The fourth-order valence-corrected chi connectivity index (χ4v) is 12.2. The minimum Gasteiger partial charge on any atom is -0.508 e. The van der Waals surface area contributed by atoms with E-state index in [1.807, 2.05) is 68.5 Å². The van der Waals surface area contributed by atoms with Crippen molar-refractivity contribution in [2.45, 2.75) is 152 Å². The van der Waals surface area contributed by atoms with Gasteiger partial charge in [0.15, 0.2) is 11.7 Å². The molecule has 3 aliphatic heterocycles. The number of benzene rings is 3. The van der Waals surface area contributed by atoms with E-state index in [1.54, 1.807) is 18.5 Å². The van der Waals surface area contributed by atoms with E-state index in [9.17, 15) is 53.4 Å². The van der Waals surface area contributed by atoms with E-state index in [1.165, 1.54) is 29.2 Å². The molecule has 95 heavy (non-hydrogen) atoms. The lowest BCUT2D eigenvalue weighted by atomic mass is 9.92. The molecule has 1 aliphatic carbocycles. The maximum absolute atomic E-state index is 15.1. The molecule has 0 saturated carbocycles. The lowest BCUT2D eigenvalue weighted by Crippen LogP contribution is -2.61. The summed E-state index contributed by atoms with van der Waals surface area (Å²) >= 11 is 0. The van der Waals surface area contributed by atoms with Crippen molar-refractivity contribution >= 4 is 93.5 Å². The van der Waals surface area contributed by atoms with Gasteiger partial charge in [0.2, 0.25) is 59.1 Å². The van der Waals surface area contributed by atoms with Crippen LogP contribution in [0.25, 0.3) is 16.5 Å². The van der Waals surface area contributed by atoms with Gasteiger partial charge in [0.1, 0.15) is 48.0 Å². The lowest BCUT2D eigenvalue weighted by Gasteiger charge is -2.30. The van der Waals surface area contributed by atoms with Gasteiger partial charge in [-0.1, -0.05) is 80.6 Å². The van der Waals surface area contributed by atoms with Gasteiger partial charge in [-0.3, -0.25) is 62.7 Å². The number of carbonyl (C=O) groups excluding carboxylic acids is 11. The van der Waals surface area contributed by atoms with Crippen molar-refractivity contribution in [3.05, 3.63) is 119 Å². The van der Waals surface area contributed by atoms with Crippen LogP contribution in [0.2, 0.25) is 0 Å². The van der Waals surface area contributed by atoms with Crippen LogP contribution in [-0.2, 0) is 72.0 Å². The van der Waals surface area contributed by atoms with Gasteiger partial charge in [-0.15, -0.1) is 0 Å². The highest BCUT2D eigenvalue weighted by molar-refractivity contribution is 6.00. The second-order valence-electron chi connectivity index (χ2n) is 24.7. The third-order valence-electron chi connectivity index (χ3n) is 17.1. The molecule has 1 aromatic heterocycles. The smallest absolute Gasteiger partial charge is 0.245 e. The second-order valence-corrected chi connectivity index (χ2v) is 24.7. The first-order chi connectivity index (χ1) is 45.5. The van der Waals surface area contributed by atoms with Crippen LogP contribution in [0, 0.1) is 11.8 Å². The molecule has 9 atom stereocenters. The maximum atomic E-state index is 15.1. The number of phenolic OH excluding ortho intramolecular Hbond substituents is 1. The molecule has 17 N–H and O–H groups in total. The molecule has 28 nitrogen and oxygen atoms in total. The summed E-state index contributed by atoms with van der Waals surface area (Å²) in [6.07, 6.45) is 8.62. The second kappa shape index (κ2) is 33.5. The fourth-order valence-electron chi connectivity index (χ4n) is 12.2. The predicted molar refractivity (Wildman–Crippen MR) is 352 cm³/mol. The van der Waals surface area contributed by atoms with Crippen molar-refractivity contribution in [2.24, 2.45) is 39.0 Å². The van der Waals surface area contributed by atoms with Gasteiger partial charge in [-0.2, -0.15) is 0 Å². The predicted octanol–water partition coefficient (Wildman–Crippen LogP) is -0.116. The first-order valence-corrected chi connectivity index (χ1v) is 32.0. The number of aliphatic imine (C=N–C) groups is 2. The van der Waals surface area contributed by atoms with Crippen LogP contribution >= 0.6 is 0 Å². The lowest BCUT2D eigenvalue weighted by molar-refractivity contribution is -0.142. The molecular weight excluding hydrogens is 1220 g/mol. The largest absolute Gasteiger partial charge is 0.508 e. The number of likely N-dealkylation sites (tertiary alicyclic amines) is 1. The number of para-hydroxylation sites is 1. The van der Waals surface area contributed by atoms with Crippen LogP contribution in [0.4, 0.5) is 0 Å². The SMILES string of the molecule is CC(C)C[C@@H](NC(=O)[C@H](CC1=CCc2ccccc21)NC(=O)[C@H](Cc1ccc(O)cc1)NC(=O)[C@H](CO)NC(=O)[C@H](Cc1c[nH]c2ccccc12)NC(=O)[C@H](CC(=O)[C@@H]1CCC(=O)N1)CC1=CCC=N1)C(=O)N[C@H](CCCN=C(N)N)C(=O)N1CCC[C@H]1C(=O)NCC(N)=O. The molecule has 2 saturated heterocycles. The number of carbonyl (C=O) groups is 11. The number of aromatic hydroxyl groups is 1. The summed E-state index contributed by atoms with van der Waals surface area (Å²) in [5.41, 5.74) is 21.2. The Balaban J connectivity index is 1.05. The van der Waals surface area contributed by atoms with E-state index < -0.39 is 121 Å². The molecule has 0 unspecified atom stereocenters. The fraction of sp³-hybridized carbons (Fsp3) is 0.448. The third-order valence-corrected chi connectivity index (χ3v) is 17.1. The first kappa shape index (κ1) is 70.6. The number of aromatic amines is 1. The number of ketones is 1. The minimum absolute atomic E-state index is 0.00183. The number of nitrogens with zero attached hydrogens (tertiary/aromatic N) is 3. The zero-order chi connectivity index (χ0) is 68.3. The summed E-state index contributed by atoms with van der Waals surface area (Å²) in [5, 5.41) is 43.5. The van der Waals surface area contributed by atoms with Crippen molar-refractivity contribution in [3.8, 4) is 5.75 Å². The molecule has 506 valence electrons. The Morgan fingerprint density at radius 3 is 2.04 bits per heavy atom. The Hall–Kier alpha value is -10.2. The number of guanidine groups is 1. The number of fused-ring (bicyclic) bond motifs is 2. The average Bonchev–Trinajstić information content (AvgIpc) is 1.81. The number of primary amides is 1. The van der Waals surface area contributed by atoms with Crippen LogP contribution in [0.5, 0.6) is 5.75 Å². The number of aromatic nitrogens is 1. The Labute approximate surface area is 549 Å². The zero-order valence-corrected chi connectivity index (χ0v) is 53.2. The number of hydrogen-bond donors (Lipinski definition) is 14. The Morgan fingerprint density at radius 1 is 0.726 bits per heavy atom. The van der Waals surface area contributed by atoms with E-state index in [2.05, 4.69) is 57.5 Å². The number of H-pyrrole nitrogens is 1. The van der Waals surface area contributed by atoms with Crippen LogP contribution in [0.15, 0.2) is 107 Å². The Morgan fingerprint density at radius 2 is 1.37 bits per heavy atom. The number of nitrogens with two attached hydrogens (primary N) is 3. The van der Waals surface area contributed by atoms with E-state index >= 15 is 9.59 Å². The summed E-state index contributed by atoms with van der Waals surface area (Å²) in [4.78, 5) is 167. The number of allylic oxidation sites excluding steroid dienone is 3. The molecule has 10 amide bonds. The third kappa shape index (κ3) is 19.9. The molecule has 0 radical (unpaired) electrons. The van der Waals surface area contributed by atoms with Crippen molar-refractivity contribution in [1.29, 1.82) is 0 Å². The standard InChI is InChI=1S/C67H85N15O13/c1-37(2)28-50(60(89)76-49(15-8-26-72-67(69)70)66(95)82-27-9-16-55(82)65(94)74-35-57(68)86)78-62(91)52(31-40-20-19-39-10-3-4-12-45(39)40)80-61(90)51(29-38-17-21-44(84)22-18-38)79-64(93)54(36-83)81-63(92)53(32-42-34-73-47-14-6-5-13-46(42)47)77-59(88)41(30-43-11-7-25-71-43)33-56(85)48-23-24-58(87)75-48/h3-6,10-14,17-18,20-22,25,34,37,41,48-55,73,83-84H,7-9,15-16,19,23-24,26-33,35-36H2,1-2H3,(H2,68,86)(H,74,94)(H,75,87)(H,76,89)(H,77,88)(H,78,91)(H,79,93)(H,80,90)(H,81,92)(H4,69,70,72)/t41-,48-,49+,50+,51-,52-,53-,54-,55-/m0/s1. The highest BCUT2D eigenvalue weighted by Gasteiger charge is 2.40. The molecule has 3 aromatic carbocycles. The van der Waals surface area contributed by atoms with Gasteiger partial charge < -0.3 is 79.8 Å². The van der Waals surface area contributed by atoms with E-state index in [-0.39, 0.29) is 113 Å². The number of phenols is 1. The topological polar surface area (TPSA) is 446 Å². The maximum Gasteiger partial charge on any atom is 0.245 e. The van der Waals surface area contributed by atoms with Gasteiger partial charge in [0, 0.05) is 87.0 Å². The summed E-state index contributed by atoms with van der Waals surface area (Å²) in [7, 11) is 0. The number of aliphatic hydroxyl groups excluding tert-OH is 1. The first-order valence-electron chi connectivity index (χ1n) is 32.0. The number of nitrogens with one attached hydrogen (secondary N) is 9. The Kier molecular flexibility index (Phi) is 24.9. The molecule has 28 heteroatoms. The van der Waals surface area contributed by atoms with Gasteiger partial charge in [0.25, 0.3) is 0 Å². The average molecular weight is 1310 g/mol. The van der Waals surface area contributed by atoms with Crippen molar-refractivity contribution < 1.29 is 63.0 Å². The highest BCUT2D eigenvalue weighted by atomic mass is 16.3. The molecule has 4 aromatic rings. The molecule has 8 rings (SSSR count). The number of rotatable bonds is 34. The Bertz CT molecular complexity index is 3630. The molecule has 2 fully saturated rings. The summed E-state index contributed by atoms with van der Waals surface area (Å²) < 4.78 is 0. The van der Waals surface area contributed by atoms with Crippen LogP contribution in [0.1, 0.15) is 107 Å². The summed E-state index contributed by atoms with van der Waals surface area (Å²) in [6, 6.07) is 9.88. The monoisotopic (exact) mass is 1310 g/mol. The number of Topliss-reactive ketones (excluding diaryl/α,β-unsaturated/α-hetero) is 1. The van der Waals surface area contributed by atoms with Crippen molar-refractivity contribution in [3.63, 3.8) is 0 Å². The van der Waals surface area contributed by atoms with E-state index in [0.29, 0.717) is 41.7 Å². The van der Waals surface area contributed by atoms with Crippen LogP contribution in [0.3, 0.4) is 0 Å². The molecule has 4 aliphatic rings. The highest BCUT2D eigenvalue weighted by Crippen LogP contribution is 2.31. The number of hydrogen-bond acceptors (Lipinski definition) is 15. The van der Waals surface area contributed by atoms with E-state index in [0.717, 1.165) is 22.0 Å². The zero-order valence-electron chi connectivity index (χ0n) is 53.2. The van der Waals surface area contributed by atoms with Crippen molar-refractivity contribution in [2.75, 3.05) is 26.2 Å². The summed E-state index contributed by atoms with van der Waals surface area (Å²) in [6.45, 7) is 2.40. The van der Waals surface area contributed by atoms with Crippen LogP contribution < -0.4 is 59.7 Å². The van der Waals surface area contributed by atoms with Crippen LogP contribution in [-0.4, -0.2) is 172 Å². The van der Waals surface area contributed by atoms with Gasteiger partial charge in [0.05, 0.1) is 25.1 Å². The normalized spacial score (nSPS) is 17.7. The van der Waals surface area contributed by atoms with E-state index in [4.69, 9.17) is 17.2 Å². The quantitative estimate of drug-likeness (QED) is 0.0165. The minimum atomic E-state index is -1.77. The van der Waals surface area contributed by atoms with Crippen molar-refractivity contribution in [1.82, 2.24) is 52.4 Å². The molecule has 4 heterocycles. The molecular formula is C67H85N15O13. The molecule has 0 spiro atoms. The van der Waals surface area contributed by atoms with Gasteiger partial charge in [-0.05, 0) is 96.9 Å². The molecule has 0 bridgehead atoms. The van der Waals surface area contributed by atoms with Gasteiger partial charge >= 0.3 is 0 Å². The summed E-state index contributed by atoms with van der Waals surface area (Å²) in [5.74, 6) is -9.42. The number of aliphatic hydroxyl groups is 1. The van der Waals surface area contributed by atoms with Gasteiger partial charge in [-0.25, -0.2) is 0 Å². The number of amides is 10.